The lowest BCUT2D eigenvalue weighted by Gasteiger charge is -2.35. The van der Waals surface area contributed by atoms with Crippen molar-refractivity contribution in [1.29, 1.82) is 0 Å². The normalized spacial score (nSPS) is 26.2. The van der Waals surface area contributed by atoms with Crippen LogP contribution in [0.1, 0.15) is 39.5 Å². The van der Waals surface area contributed by atoms with Crippen molar-refractivity contribution in [2.24, 2.45) is 11.8 Å². The highest BCUT2D eigenvalue weighted by Gasteiger charge is 2.39. The van der Waals surface area contributed by atoms with Gasteiger partial charge in [0.05, 0.1) is 5.92 Å². The van der Waals surface area contributed by atoms with Gasteiger partial charge in [0.25, 0.3) is 0 Å². The minimum absolute atomic E-state index is 0.0718. The van der Waals surface area contributed by atoms with E-state index < -0.39 is 12.0 Å². The molecule has 2 fully saturated rings. The minimum atomic E-state index is -0.924. The van der Waals surface area contributed by atoms with Crippen molar-refractivity contribution in [2.75, 3.05) is 19.6 Å². The number of hydrogen-bond donors (Lipinski definition) is 1. The molecule has 2 aliphatic rings. The molecule has 2 amide bonds. The average Bonchev–Trinajstić information content (AvgIpc) is 2.95. The summed E-state index contributed by atoms with van der Waals surface area (Å²) < 4.78 is 0. The van der Waals surface area contributed by atoms with Crippen LogP contribution in [-0.2, 0) is 14.4 Å². The molecular formula is C15H24N2O4. The lowest BCUT2D eigenvalue weighted by Crippen LogP contribution is -2.50. The molecule has 0 saturated carbocycles. The fraction of sp³-hybridized carbons (Fsp3) is 0.800. The van der Waals surface area contributed by atoms with E-state index in [9.17, 15) is 19.5 Å². The minimum Gasteiger partial charge on any atom is -0.480 e. The third-order valence-corrected chi connectivity index (χ3v) is 4.40. The predicted octanol–water partition coefficient (Wildman–Crippen LogP) is 0.957. The summed E-state index contributed by atoms with van der Waals surface area (Å²) in [7, 11) is 0. The summed E-state index contributed by atoms with van der Waals surface area (Å²) >= 11 is 0. The van der Waals surface area contributed by atoms with E-state index >= 15 is 0 Å². The van der Waals surface area contributed by atoms with Crippen molar-refractivity contribution in [3.63, 3.8) is 0 Å². The first-order valence-corrected chi connectivity index (χ1v) is 7.74. The molecular weight excluding hydrogens is 272 g/mol. The molecule has 6 nitrogen and oxygen atoms in total. The Morgan fingerprint density at radius 1 is 1.10 bits per heavy atom. The summed E-state index contributed by atoms with van der Waals surface area (Å²) in [5.41, 5.74) is 0. The standard InChI is InChI=1S/C15H24N2O4/c1-10(2)13(18)16-7-3-5-11(9-16)14(19)17-8-4-6-12(17)15(20)21/h10-12H,3-9H2,1-2H3,(H,20,21)/t11?,12-/m0/s1. The Bertz CT molecular complexity index is 435. The van der Waals surface area contributed by atoms with Crippen molar-refractivity contribution >= 4 is 17.8 Å². The van der Waals surface area contributed by atoms with E-state index in [4.69, 9.17) is 0 Å². The molecule has 21 heavy (non-hydrogen) atoms. The van der Waals surface area contributed by atoms with E-state index in [1.807, 2.05) is 13.8 Å². The number of likely N-dealkylation sites (tertiary alicyclic amines) is 2. The van der Waals surface area contributed by atoms with Crippen LogP contribution in [0.25, 0.3) is 0 Å². The Balaban J connectivity index is 2.02. The Hall–Kier alpha value is -1.59. The van der Waals surface area contributed by atoms with Crippen LogP contribution in [0.2, 0.25) is 0 Å². The highest BCUT2D eigenvalue weighted by atomic mass is 16.4. The second-order valence-corrected chi connectivity index (χ2v) is 6.31. The summed E-state index contributed by atoms with van der Waals surface area (Å²) in [5, 5.41) is 9.19. The second kappa shape index (κ2) is 6.45. The van der Waals surface area contributed by atoms with E-state index in [0.717, 1.165) is 19.3 Å². The number of carboxylic acid groups (broad SMARTS) is 1. The lowest BCUT2D eigenvalue weighted by molar-refractivity contribution is -0.151. The zero-order valence-corrected chi connectivity index (χ0v) is 12.7. The number of nitrogens with zero attached hydrogens (tertiary/aromatic N) is 2. The SMILES string of the molecule is CC(C)C(=O)N1CCCC(C(=O)N2CCC[C@H]2C(=O)O)C1. The largest absolute Gasteiger partial charge is 0.480 e. The molecule has 2 atom stereocenters. The summed E-state index contributed by atoms with van der Waals surface area (Å²) in [6.07, 6.45) is 2.82. The summed E-state index contributed by atoms with van der Waals surface area (Å²) in [5.74, 6) is -1.27. The molecule has 1 N–H and O–H groups in total. The Morgan fingerprint density at radius 2 is 1.76 bits per heavy atom. The van der Waals surface area contributed by atoms with Gasteiger partial charge in [0.1, 0.15) is 6.04 Å². The van der Waals surface area contributed by atoms with E-state index in [2.05, 4.69) is 0 Å². The van der Waals surface area contributed by atoms with Crippen molar-refractivity contribution in [3.8, 4) is 0 Å². The van der Waals surface area contributed by atoms with Crippen LogP contribution in [0.3, 0.4) is 0 Å². The zero-order chi connectivity index (χ0) is 15.6. The van der Waals surface area contributed by atoms with Gasteiger partial charge < -0.3 is 14.9 Å². The van der Waals surface area contributed by atoms with Crippen molar-refractivity contribution in [3.05, 3.63) is 0 Å². The molecule has 0 aromatic heterocycles. The molecule has 2 heterocycles. The molecule has 0 radical (unpaired) electrons. The van der Waals surface area contributed by atoms with Crippen LogP contribution < -0.4 is 0 Å². The summed E-state index contributed by atoms with van der Waals surface area (Å²) in [4.78, 5) is 39.1. The van der Waals surface area contributed by atoms with E-state index in [-0.39, 0.29) is 23.7 Å². The van der Waals surface area contributed by atoms with Gasteiger partial charge >= 0.3 is 5.97 Å². The third kappa shape index (κ3) is 3.36. The highest BCUT2D eigenvalue weighted by Crippen LogP contribution is 2.25. The molecule has 0 spiro atoms. The number of hydrogen-bond acceptors (Lipinski definition) is 3. The van der Waals surface area contributed by atoms with Gasteiger partial charge in [-0.1, -0.05) is 13.8 Å². The first-order chi connectivity index (χ1) is 9.91. The Morgan fingerprint density at radius 3 is 2.38 bits per heavy atom. The van der Waals surface area contributed by atoms with Crippen LogP contribution in [-0.4, -0.2) is 58.4 Å². The maximum Gasteiger partial charge on any atom is 0.326 e. The number of carboxylic acids is 1. The van der Waals surface area contributed by atoms with Crippen LogP contribution >= 0.6 is 0 Å². The fourth-order valence-corrected chi connectivity index (χ4v) is 3.27. The maximum absolute atomic E-state index is 12.6. The quantitative estimate of drug-likeness (QED) is 0.841. The highest BCUT2D eigenvalue weighted by molar-refractivity contribution is 5.86. The number of rotatable bonds is 3. The van der Waals surface area contributed by atoms with E-state index in [0.29, 0.717) is 26.1 Å². The van der Waals surface area contributed by atoms with E-state index in [1.165, 1.54) is 4.90 Å². The van der Waals surface area contributed by atoms with Crippen LogP contribution in [0, 0.1) is 11.8 Å². The predicted molar refractivity (Wildman–Crippen MR) is 76.5 cm³/mol. The van der Waals surface area contributed by atoms with Gasteiger partial charge in [-0.15, -0.1) is 0 Å². The maximum atomic E-state index is 12.6. The topological polar surface area (TPSA) is 77.9 Å². The van der Waals surface area contributed by atoms with Crippen LogP contribution in [0.5, 0.6) is 0 Å². The molecule has 0 aromatic rings. The summed E-state index contributed by atoms with van der Waals surface area (Å²) in [6, 6.07) is -0.686. The molecule has 2 aliphatic heterocycles. The molecule has 2 saturated heterocycles. The number of carbonyl (C=O) groups is 3. The third-order valence-electron chi connectivity index (χ3n) is 4.40. The van der Waals surface area contributed by atoms with E-state index in [1.54, 1.807) is 4.90 Å². The Kier molecular flexibility index (Phi) is 4.85. The molecule has 118 valence electrons. The number of piperidine rings is 1. The second-order valence-electron chi connectivity index (χ2n) is 6.31. The average molecular weight is 296 g/mol. The lowest BCUT2D eigenvalue weighted by atomic mass is 9.95. The van der Waals surface area contributed by atoms with Crippen molar-refractivity contribution in [2.45, 2.75) is 45.6 Å². The number of aliphatic carboxylic acids is 1. The molecule has 6 heteroatoms. The molecule has 1 unspecified atom stereocenters. The first kappa shape index (κ1) is 15.8. The first-order valence-electron chi connectivity index (χ1n) is 7.74. The van der Waals surface area contributed by atoms with Gasteiger partial charge in [-0.25, -0.2) is 4.79 Å². The zero-order valence-electron chi connectivity index (χ0n) is 12.7. The van der Waals surface area contributed by atoms with Gasteiger partial charge in [0.15, 0.2) is 0 Å². The van der Waals surface area contributed by atoms with Gasteiger partial charge in [-0.05, 0) is 25.7 Å². The van der Waals surface area contributed by atoms with Gasteiger partial charge in [0, 0.05) is 25.6 Å². The molecule has 0 bridgehead atoms. The number of carbonyl (C=O) groups excluding carboxylic acids is 2. The van der Waals surface area contributed by atoms with Crippen molar-refractivity contribution in [1.82, 2.24) is 9.80 Å². The molecule has 0 aliphatic carbocycles. The number of amides is 2. The van der Waals surface area contributed by atoms with Gasteiger partial charge in [-0.2, -0.15) is 0 Å². The van der Waals surface area contributed by atoms with Gasteiger partial charge in [-0.3, -0.25) is 9.59 Å². The van der Waals surface area contributed by atoms with Gasteiger partial charge in [0.2, 0.25) is 11.8 Å². The fourth-order valence-electron chi connectivity index (χ4n) is 3.27. The van der Waals surface area contributed by atoms with Crippen LogP contribution in [0.15, 0.2) is 0 Å². The molecule has 2 rings (SSSR count). The monoisotopic (exact) mass is 296 g/mol. The van der Waals surface area contributed by atoms with Crippen LogP contribution in [0.4, 0.5) is 0 Å². The molecule has 0 aromatic carbocycles. The van der Waals surface area contributed by atoms with Crippen molar-refractivity contribution < 1.29 is 19.5 Å². The summed E-state index contributed by atoms with van der Waals surface area (Å²) in [6.45, 7) is 5.36. The Labute approximate surface area is 125 Å². The smallest absolute Gasteiger partial charge is 0.326 e.